The van der Waals surface area contributed by atoms with Crippen LogP contribution < -0.4 is 34.1 Å². The molecule has 1 N–H and O–H groups in total. The van der Waals surface area contributed by atoms with E-state index in [0.29, 0.717) is 60.0 Å². The van der Waals surface area contributed by atoms with Crippen molar-refractivity contribution in [3.63, 3.8) is 0 Å². The number of aryl methyl sites for hydroxylation is 2. The number of aromatic nitrogens is 7. The lowest BCUT2D eigenvalue weighted by Gasteiger charge is -2.34. The minimum Gasteiger partial charge on any atom is -0.492 e. The molecule has 0 saturated carbocycles. The first-order valence-electron chi connectivity index (χ1n) is 19.5. The van der Waals surface area contributed by atoms with Gasteiger partial charge >= 0.3 is 0 Å². The van der Waals surface area contributed by atoms with Crippen LogP contribution in [0.4, 0.5) is 11.6 Å². The number of amides is 1. The zero-order chi connectivity index (χ0) is 40.2. The van der Waals surface area contributed by atoms with Crippen LogP contribution in [0.15, 0.2) is 55.0 Å². The van der Waals surface area contributed by atoms with Crippen LogP contribution in [0.5, 0.6) is 23.1 Å². The molecule has 3 aliphatic heterocycles. The number of benzene rings is 1. The molecule has 0 unspecified atom stereocenters. The normalized spacial score (nSPS) is 16.1. The largest absolute Gasteiger partial charge is 0.492 e. The van der Waals surface area contributed by atoms with E-state index in [-0.39, 0.29) is 42.7 Å². The Labute approximate surface area is 340 Å². The number of pyridine rings is 1. The third-order valence-electron chi connectivity index (χ3n) is 10.5. The standard InChI is InChI=1S/C41H45ClN10O6/c1-25-18-33(48-49-39(25)51-13-7-29(8-14-51)58-31-22-45-50(3)23-31)41(54)44-21-27-6-12-43-37(19-27)56-24-36-46-38(42)26(2)40(47-36)52-15-9-28(10-16-52)57-30-4-5-35-32(20-30)34(53)11-17-55-35/h4-6,12,18-20,22-23,28-29H,7-11,13-17,21,24H2,1-3H3,(H,44,54). The van der Waals surface area contributed by atoms with Gasteiger partial charge in [0.05, 0.1) is 24.6 Å². The van der Waals surface area contributed by atoms with Crippen LogP contribution in [0, 0.1) is 13.8 Å². The van der Waals surface area contributed by atoms with Crippen molar-refractivity contribution in [3.05, 3.63) is 93.9 Å². The summed E-state index contributed by atoms with van der Waals surface area (Å²) in [7, 11) is 1.87. The topological polar surface area (TPSA) is 172 Å². The van der Waals surface area contributed by atoms with Gasteiger partial charge < -0.3 is 34.1 Å². The Hall–Kier alpha value is -6.03. The second-order valence-corrected chi connectivity index (χ2v) is 15.1. The number of rotatable bonds is 12. The van der Waals surface area contributed by atoms with E-state index >= 15 is 0 Å². The van der Waals surface area contributed by atoms with Gasteiger partial charge in [-0.25, -0.2) is 15.0 Å². The molecule has 8 rings (SSSR count). The van der Waals surface area contributed by atoms with Crippen LogP contribution in [0.2, 0.25) is 5.15 Å². The van der Waals surface area contributed by atoms with Crippen LogP contribution in [-0.2, 0) is 20.2 Å². The Kier molecular flexibility index (Phi) is 11.5. The molecule has 5 aromatic rings. The monoisotopic (exact) mass is 808 g/mol. The average molecular weight is 809 g/mol. The molecule has 58 heavy (non-hydrogen) atoms. The molecular formula is C41H45ClN10O6. The van der Waals surface area contributed by atoms with Crippen molar-refractivity contribution in [1.82, 2.24) is 40.2 Å². The maximum atomic E-state index is 13.1. The summed E-state index contributed by atoms with van der Waals surface area (Å²) in [5.41, 5.74) is 3.28. The third-order valence-corrected chi connectivity index (χ3v) is 10.9. The van der Waals surface area contributed by atoms with Crippen LogP contribution in [-0.4, -0.2) is 91.6 Å². The van der Waals surface area contributed by atoms with Gasteiger partial charge in [-0.05, 0) is 55.3 Å². The van der Waals surface area contributed by atoms with Gasteiger partial charge in [-0.2, -0.15) is 5.10 Å². The molecule has 0 bridgehead atoms. The summed E-state index contributed by atoms with van der Waals surface area (Å²) in [4.78, 5) is 43.4. The van der Waals surface area contributed by atoms with Crippen molar-refractivity contribution in [2.24, 2.45) is 7.05 Å². The zero-order valence-electron chi connectivity index (χ0n) is 32.7. The second kappa shape index (κ2) is 17.2. The van der Waals surface area contributed by atoms with Crippen LogP contribution in [0.1, 0.15) is 75.5 Å². The summed E-state index contributed by atoms with van der Waals surface area (Å²) in [6.45, 7) is 7.51. The van der Waals surface area contributed by atoms with Gasteiger partial charge in [0.15, 0.2) is 28.9 Å². The van der Waals surface area contributed by atoms with E-state index in [9.17, 15) is 9.59 Å². The number of nitrogens with zero attached hydrogens (tertiary/aromatic N) is 9. The molecular weight excluding hydrogens is 764 g/mol. The number of Topliss-reactive ketones (excluding diaryl/α,β-unsaturated/α-hetero) is 1. The first-order valence-corrected chi connectivity index (χ1v) is 19.9. The van der Waals surface area contributed by atoms with Gasteiger partial charge in [0.2, 0.25) is 5.88 Å². The van der Waals surface area contributed by atoms with Crippen molar-refractivity contribution in [3.8, 4) is 23.1 Å². The number of halogens is 1. The summed E-state index contributed by atoms with van der Waals surface area (Å²) in [6, 6.07) is 10.8. The zero-order valence-corrected chi connectivity index (χ0v) is 33.4. The molecule has 0 aliphatic carbocycles. The highest BCUT2D eigenvalue weighted by Crippen LogP contribution is 2.32. The molecule has 1 amide bonds. The number of anilines is 2. The van der Waals surface area contributed by atoms with Gasteiger partial charge in [0, 0.05) is 89.7 Å². The van der Waals surface area contributed by atoms with Crippen molar-refractivity contribution < 1.29 is 28.5 Å². The van der Waals surface area contributed by atoms with E-state index in [1.54, 1.807) is 47.4 Å². The SMILES string of the molecule is Cc1cc(C(=O)NCc2ccnc(OCc3nc(Cl)c(C)c(N4CCC(Oc5ccc6c(c5)C(=O)CCO6)CC4)n3)c2)nnc1N1CCC(Oc2cnn(C)c2)CC1. The smallest absolute Gasteiger partial charge is 0.272 e. The molecule has 7 heterocycles. The van der Waals surface area contributed by atoms with Crippen molar-refractivity contribution in [1.29, 1.82) is 0 Å². The predicted molar refractivity (Wildman–Crippen MR) is 214 cm³/mol. The summed E-state index contributed by atoms with van der Waals surface area (Å²) in [5, 5.41) is 16.1. The number of nitrogens with one attached hydrogen (secondary N) is 1. The lowest BCUT2D eigenvalue weighted by Crippen LogP contribution is -2.39. The molecule has 302 valence electrons. The quantitative estimate of drug-likeness (QED) is 0.162. The Bertz CT molecular complexity index is 2290. The minimum absolute atomic E-state index is 0.00584. The van der Waals surface area contributed by atoms with Crippen LogP contribution in [0.3, 0.4) is 0 Å². The van der Waals surface area contributed by atoms with Gasteiger partial charge in [0.1, 0.15) is 41.3 Å². The minimum atomic E-state index is -0.332. The van der Waals surface area contributed by atoms with E-state index < -0.39 is 0 Å². The fourth-order valence-electron chi connectivity index (χ4n) is 7.38. The first-order chi connectivity index (χ1) is 28.1. The van der Waals surface area contributed by atoms with Gasteiger partial charge in [-0.1, -0.05) is 11.6 Å². The number of piperidine rings is 2. The summed E-state index contributed by atoms with van der Waals surface area (Å²) >= 11 is 6.59. The third kappa shape index (κ3) is 9.07. The summed E-state index contributed by atoms with van der Waals surface area (Å²) in [5.74, 6) is 4.10. The van der Waals surface area contributed by atoms with Crippen LogP contribution >= 0.6 is 11.6 Å². The molecule has 17 heteroatoms. The number of fused-ring (bicyclic) bond motifs is 1. The maximum Gasteiger partial charge on any atom is 0.272 e. The number of hydrogen-bond acceptors (Lipinski definition) is 14. The van der Waals surface area contributed by atoms with Crippen molar-refractivity contribution in [2.45, 2.75) is 71.3 Å². The number of carbonyl (C=O) groups is 2. The maximum absolute atomic E-state index is 13.1. The van der Waals surface area contributed by atoms with Crippen molar-refractivity contribution >= 4 is 34.9 Å². The fraction of sp³-hybridized carbons (Fsp3) is 0.415. The first kappa shape index (κ1) is 38.8. The molecule has 2 saturated heterocycles. The molecule has 1 aromatic carbocycles. The molecule has 0 radical (unpaired) electrons. The highest BCUT2D eigenvalue weighted by molar-refractivity contribution is 6.30. The molecule has 16 nitrogen and oxygen atoms in total. The van der Waals surface area contributed by atoms with E-state index in [0.717, 1.165) is 72.8 Å². The predicted octanol–water partition coefficient (Wildman–Crippen LogP) is 5.24. The Balaban J connectivity index is 0.813. The van der Waals surface area contributed by atoms with Gasteiger partial charge in [-0.15, -0.1) is 10.2 Å². The lowest BCUT2D eigenvalue weighted by molar-refractivity contribution is 0.0927. The molecule has 0 spiro atoms. The lowest BCUT2D eigenvalue weighted by atomic mass is 10.0. The van der Waals surface area contributed by atoms with E-state index in [2.05, 4.69) is 40.4 Å². The molecule has 4 aromatic heterocycles. The van der Waals surface area contributed by atoms with Gasteiger partial charge in [0.25, 0.3) is 5.91 Å². The Morgan fingerprint density at radius 3 is 2.40 bits per heavy atom. The Morgan fingerprint density at radius 2 is 1.67 bits per heavy atom. The number of ether oxygens (including phenoxy) is 4. The van der Waals surface area contributed by atoms with E-state index in [1.807, 2.05) is 33.2 Å². The Morgan fingerprint density at radius 1 is 0.931 bits per heavy atom. The molecule has 2 fully saturated rings. The highest BCUT2D eigenvalue weighted by atomic mass is 35.5. The number of carbonyl (C=O) groups excluding carboxylic acids is 2. The second-order valence-electron chi connectivity index (χ2n) is 14.7. The van der Waals surface area contributed by atoms with Crippen molar-refractivity contribution in [2.75, 3.05) is 42.6 Å². The average Bonchev–Trinajstić information content (AvgIpc) is 3.65. The van der Waals surface area contributed by atoms with Crippen LogP contribution in [0.25, 0.3) is 0 Å². The highest BCUT2D eigenvalue weighted by Gasteiger charge is 2.27. The van der Waals surface area contributed by atoms with Gasteiger partial charge in [-0.3, -0.25) is 14.3 Å². The van der Waals surface area contributed by atoms with E-state index in [1.165, 1.54) is 0 Å². The van der Waals surface area contributed by atoms with E-state index in [4.69, 9.17) is 35.5 Å². The fourth-order valence-corrected chi connectivity index (χ4v) is 7.56. The molecule has 3 aliphatic rings. The number of hydrogen-bond donors (Lipinski definition) is 1. The summed E-state index contributed by atoms with van der Waals surface area (Å²) < 4.78 is 25.7. The molecule has 0 atom stereocenters. The summed E-state index contributed by atoms with van der Waals surface area (Å²) in [6.07, 6.45) is 8.93. The number of ketones is 1.